The van der Waals surface area contributed by atoms with E-state index in [1.165, 1.54) is 16.2 Å². The molecule has 1 aromatic heterocycles. The number of ketones is 1. The first-order valence-corrected chi connectivity index (χ1v) is 11.1. The number of carbonyl (C=O) groups is 3. The number of hydrogen-bond acceptors (Lipinski definition) is 5. The molecule has 2 saturated heterocycles. The minimum Gasteiger partial charge on any atom is -0.352 e. The van der Waals surface area contributed by atoms with E-state index in [1.807, 2.05) is 68.3 Å². The molecule has 4 atom stereocenters. The summed E-state index contributed by atoms with van der Waals surface area (Å²) in [7, 11) is 0. The highest BCUT2D eigenvalue weighted by Gasteiger charge is 2.65. The molecule has 154 valence electrons. The number of hydrogen-bond donors (Lipinski definition) is 0. The van der Waals surface area contributed by atoms with Gasteiger partial charge in [0.15, 0.2) is 5.78 Å². The standard InChI is InChI=1S/C24H24N2O3S/c1-13-12-16-18-19(23(29)26(22(18)28)24(2,3)4)20(21(27)17-10-7-11-30-17)25(16)15-9-6-5-8-14(13)15/h5-12,16,18-20H,1-4H3. The zero-order valence-electron chi connectivity index (χ0n) is 17.5. The SMILES string of the molecule is CC1=CC2C3C(=O)N(C(C)(C)C)C(=O)C3C(C(=O)c3cccs3)N2c2ccccc21. The fourth-order valence-electron chi connectivity index (χ4n) is 5.32. The van der Waals surface area contributed by atoms with Crippen molar-refractivity contribution in [3.8, 4) is 0 Å². The highest BCUT2D eigenvalue weighted by Crippen LogP contribution is 2.51. The van der Waals surface area contributed by atoms with Gasteiger partial charge in [-0.1, -0.05) is 30.3 Å². The third-order valence-electron chi connectivity index (χ3n) is 6.46. The van der Waals surface area contributed by atoms with Crippen LogP contribution in [0.4, 0.5) is 5.69 Å². The molecule has 0 saturated carbocycles. The number of fused-ring (bicyclic) bond motifs is 5. The monoisotopic (exact) mass is 420 g/mol. The van der Waals surface area contributed by atoms with Gasteiger partial charge in [-0.3, -0.25) is 19.3 Å². The second-order valence-electron chi connectivity index (χ2n) is 9.29. The molecule has 5 rings (SSSR count). The maximum atomic E-state index is 13.7. The third kappa shape index (κ3) is 2.49. The summed E-state index contributed by atoms with van der Waals surface area (Å²) in [5.74, 6) is -1.70. The van der Waals surface area contributed by atoms with Crippen molar-refractivity contribution in [1.29, 1.82) is 0 Å². The Bertz CT molecular complexity index is 1100. The van der Waals surface area contributed by atoms with Crippen LogP contribution in [0.15, 0.2) is 47.9 Å². The maximum Gasteiger partial charge on any atom is 0.236 e. The lowest BCUT2D eigenvalue weighted by molar-refractivity contribution is -0.145. The quantitative estimate of drug-likeness (QED) is 0.544. The molecule has 0 bridgehead atoms. The Hall–Kier alpha value is -2.73. The number of para-hydroxylation sites is 1. The summed E-state index contributed by atoms with van der Waals surface area (Å²) in [6.45, 7) is 7.64. The fraction of sp³-hybridized carbons (Fsp3) is 0.375. The van der Waals surface area contributed by atoms with E-state index in [0.29, 0.717) is 4.88 Å². The van der Waals surface area contributed by atoms with Crippen molar-refractivity contribution in [2.24, 2.45) is 11.8 Å². The van der Waals surface area contributed by atoms with E-state index in [9.17, 15) is 14.4 Å². The van der Waals surface area contributed by atoms with Gasteiger partial charge < -0.3 is 4.90 Å². The molecular weight excluding hydrogens is 396 g/mol. The first kappa shape index (κ1) is 19.2. The van der Waals surface area contributed by atoms with Crippen LogP contribution >= 0.6 is 11.3 Å². The summed E-state index contributed by atoms with van der Waals surface area (Å²) in [4.78, 5) is 44.8. The van der Waals surface area contributed by atoms with E-state index >= 15 is 0 Å². The van der Waals surface area contributed by atoms with Gasteiger partial charge in [-0.25, -0.2) is 0 Å². The molecule has 0 radical (unpaired) electrons. The van der Waals surface area contributed by atoms with E-state index in [4.69, 9.17) is 0 Å². The van der Waals surface area contributed by atoms with Gasteiger partial charge in [-0.05, 0) is 50.8 Å². The summed E-state index contributed by atoms with van der Waals surface area (Å²) < 4.78 is 0. The van der Waals surface area contributed by atoms with E-state index in [1.54, 1.807) is 6.07 Å². The number of imide groups is 1. The third-order valence-corrected chi connectivity index (χ3v) is 7.34. The predicted molar refractivity (Wildman–Crippen MR) is 117 cm³/mol. The van der Waals surface area contributed by atoms with Gasteiger partial charge in [0, 0.05) is 16.8 Å². The summed E-state index contributed by atoms with van der Waals surface area (Å²) in [5, 5.41) is 1.87. The zero-order valence-corrected chi connectivity index (χ0v) is 18.3. The predicted octanol–water partition coefficient (Wildman–Crippen LogP) is 4.00. The van der Waals surface area contributed by atoms with Crippen LogP contribution < -0.4 is 4.90 Å². The van der Waals surface area contributed by atoms with Crippen LogP contribution in [0.2, 0.25) is 0 Å². The van der Waals surface area contributed by atoms with Crippen molar-refractivity contribution in [2.45, 2.75) is 45.3 Å². The van der Waals surface area contributed by atoms with Gasteiger partial charge in [0.2, 0.25) is 11.8 Å². The Morgan fingerprint density at radius 2 is 1.70 bits per heavy atom. The van der Waals surface area contributed by atoms with Crippen LogP contribution in [0.5, 0.6) is 0 Å². The van der Waals surface area contributed by atoms with Crippen LogP contribution in [-0.2, 0) is 9.59 Å². The van der Waals surface area contributed by atoms with Gasteiger partial charge in [-0.2, -0.15) is 0 Å². The highest BCUT2D eigenvalue weighted by atomic mass is 32.1. The maximum absolute atomic E-state index is 13.7. The minimum absolute atomic E-state index is 0.0813. The largest absolute Gasteiger partial charge is 0.352 e. The Kier molecular flexibility index (Phi) is 4.09. The molecule has 4 unspecified atom stereocenters. The lowest BCUT2D eigenvalue weighted by Gasteiger charge is -2.39. The summed E-state index contributed by atoms with van der Waals surface area (Å²) in [6.07, 6.45) is 2.07. The second-order valence-corrected chi connectivity index (χ2v) is 10.2. The lowest BCUT2D eigenvalue weighted by Crippen LogP contribution is -2.52. The molecular formula is C24H24N2O3S. The first-order valence-electron chi connectivity index (χ1n) is 10.2. The molecule has 2 aromatic rings. The van der Waals surface area contributed by atoms with E-state index in [-0.39, 0.29) is 23.6 Å². The van der Waals surface area contributed by atoms with Gasteiger partial charge in [0.1, 0.15) is 6.04 Å². The minimum atomic E-state index is -0.687. The van der Waals surface area contributed by atoms with Crippen LogP contribution in [0.25, 0.3) is 5.57 Å². The first-order chi connectivity index (χ1) is 14.2. The normalized spacial score (nSPS) is 27.7. The Morgan fingerprint density at radius 3 is 2.37 bits per heavy atom. The molecule has 1 aromatic carbocycles. The Morgan fingerprint density at radius 1 is 1.00 bits per heavy atom. The van der Waals surface area contributed by atoms with Crippen molar-refractivity contribution in [1.82, 2.24) is 4.90 Å². The number of Topliss-reactive ketones (excluding diaryl/α,β-unsaturated/α-hetero) is 1. The molecule has 30 heavy (non-hydrogen) atoms. The van der Waals surface area contributed by atoms with Crippen LogP contribution in [-0.4, -0.2) is 40.1 Å². The summed E-state index contributed by atoms with van der Waals surface area (Å²) in [6, 6.07) is 10.6. The molecule has 0 spiro atoms. The fourth-order valence-corrected chi connectivity index (χ4v) is 6.02. The van der Waals surface area contributed by atoms with Gasteiger partial charge in [-0.15, -0.1) is 11.3 Å². The number of rotatable bonds is 2. The number of carbonyl (C=O) groups excluding carboxylic acids is 3. The van der Waals surface area contributed by atoms with Crippen molar-refractivity contribution < 1.29 is 14.4 Å². The molecule has 0 aliphatic carbocycles. The lowest BCUT2D eigenvalue weighted by atomic mass is 9.86. The molecule has 2 amide bonds. The summed E-state index contributed by atoms with van der Waals surface area (Å²) in [5.41, 5.74) is 2.43. The van der Waals surface area contributed by atoms with Crippen LogP contribution in [0.1, 0.15) is 42.9 Å². The number of anilines is 1. The number of thiophene rings is 1. The molecule has 6 heteroatoms. The molecule has 2 fully saturated rings. The smallest absolute Gasteiger partial charge is 0.236 e. The van der Waals surface area contributed by atoms with E-state index in [0.717, 1.165) is 16.8 Å². The van der Waals surface area contributed by atoms with Gasteiger partial charge in [0.05, 0.1) is 22.8 Å². The summed E-state index contributed by atoms with van der Waals surface area (Å²) >= 11 is 1.38. The highest BCUT2D eigenvalue weighted by molar-refractivity contribution is 7.12. The zero-order chi connectivity index (χ0) is 21.4. The molecule has 4 heterocycles. The number of benzene rings is 1. The van der Waals surface area contributed by atoms with E-state index < -0.39 is 23.4 Å². The van der Waals surface area contributed by atoms with Crippen molar-refractivity contribution in [3.05, 3.63) is 58.3 Å². The van der Waals surface area contributed by atoms with Gasteiger partial charge >= 0.3 is 0 Å². The Labute approximate surface area is 180 Å². The molecule has 3 aliphatic rings. The van der Waals surface area contributed by atoms with Crippen LogP contribution in [0, 0.1) is 11.8 Å². The van der Waals surface area contributed by atoms with Crippen molar-refractivity contribution >= 4 is 40.2 Å². The van der Waals surface area contributed by atoms with E-state index in [2.05, 4.69) is 6.08 Å². The number of nitrogens with zero attached hydrogens (tertiary/aromatic N) is 2. The number of likely N-dealkylation sites (tertiary alicyclic amines) is 1. The number of allylic oxidation sites excluding steroid dienone is 1. The Balaban J connectivity index is 1.71. The molecule has 0 N–H and O–H groups in total. The number of amides is 2. The average molecular weight is 421 g/mol. The topological polar surface area (TPSA) is 57.7 Å². The van der Waals surface area contributed by atoms with Crippen LogP contribution in [0.3, 0.4) is 0 Å². The molecule has 5 nitrogen and oxygen atoms in total. The molecule has 3 aliphatic heterocycles. The average Bonchev–Trinajstić information content (AvgIpc) is 3.38. The van der Waals surface area contributed by atoms with Crippen molar-refractivity contribution in [3.63, 3.8) is 0 Å². The second kappa shape index (κ2) is 6.38. The van der Waals surface area contributed by atoms with Crippen molar-refractivity contribution in [2.75, 3.05) is 4.90 Å². The van der Waals surface area contributed by atoms with Gasteiger partial charge in [0.25, 0.3) is 0 Å².